The maximum Gasteiger partial charge on any atom is 0.116 e. The monoisotopic (exact) mass is 451 g/mol. The third-order valence-corrected chi connectivity index (χ3v) is 6.51. The summed E-state index contributed by atoms with van der Waals surface area (Å²) < 4.78 is 0. The number of pyridine rings is 3. The number of rotatable bonds is 5. The Morgan fingerprint density at radius 1 is 0.971 bits per heavy atom. The Morgan fingerprint density at radius 2 is 1.85 bits per heavy atom. The number of aromatic nitrogens is 6. The molecule has 1 aliphatic heterocycles. The van der Waals surface area contributed by atoms with Crippen LogP contribution in [0.25, 0.3) is 44.5 Å². The van der Waals surface area contributed by atoms with Crippen molar-refractivity contribution in [3.05, 3.63) is 54.7 Å². The van der Waals surface area contributed by atoms with Crippen molar-refractivity contribution in [2.45, 2.75) is 19.3 Å². The van der Waals surface area contributed by atoms with Gasteiger partial charge < -0.3 is 16.0 Å². The van der Waals surface area contributed by atoms with Crippen LogP contribution < -0.4 is 11.1 Å². The fourth-order valence-corrected chi connectivity index (χ4v) is 4.79. The van der Waals surface area contributed by atoms with Gasteiger partial charge in [0.1, 0.15) is 5.69 Å². The van der Waals surface area contributed by atoms with Gasteiger partial charge in [-0.3, -0.25) is 20.1 Å². The van der Waals surface area contributed by atoms with Crippen LogP contribution in [0.1, 0.15) is 18.4 Å². The summed E-state index contributed by atoms with van der Waals surface area (Å²) >= 11 is 0. The van der Waals surface area contributed by atoms with E-state index in [4.69, 9.17) is 5.73 Å². The summed E-state index contributed by atoms with van der Waals surface area (Å²) in [6.45, 7) is 2.20. The van der Waals surface area contributed by atoms with Gasteiger partial charge in [-0.25, -0.2) is 4.99 Å². The lowest BCUT2D eigenvalue weighted by molar-refractivity contribution is 0.372. The summed E-state index contributed by atoms with van der Waals surface area (Å²) in [5.41, 5.74) is 12.8. The SMILES string of the molecule is NC=Nc1cncc2[nH]c(-c3n[nH]c4cnc(-c5cncc(CC6CCNCC6)c5)cc34)cc12. The average Bonchev–Trinajstić information content (AvgIpc) is 3.49. The van der Waals surface area contributed by atoms with E-state index in [1.54, 1.807) is 12.4 Å². The second-order valence-corrected chi connectivity index (χ2v) is 8.75. The van der Waals surface area contributed by atoms with Crippen LogP contribution >= 0.6 is 0 Å². The summed E-state index contributed by atoms with van der Waals surface area (Å²) in [6.07, 6.45) is 13.9. The minimum absolute atomic E-state index is 0.708. The Morgan fingerprint density at radius 3 is 2.74 bits per heavy atom. The first kappa shape index (κ1) is 20.5. The molecule has 1 aliphatic rings. The molecule has 5 aromatic heterocycles. The molecule has 9 nitrogen and oxygen atoms in total. The molecule has 9 heteroatoms. The minimum atomic E-state index is 0.708. The van der Waals surface area contributed by atoms with Crippen LogP contribution in [0.3, 0.4) is 0 Å². The van der Waals surface area contributed by atoms with Crippen molar-refractivity contribution in [1.29, 1.82) is 0 Å². The van der Waals surface area contributed by atoms with E-state index >= 15 is 0 Å². The van der Waals surface area contributed by atoms with Gasteiger partial charge in [0.2, 0.25) is 0 Å². The number of nitrogens with two attached hydrogens (primary N) is 1. The zero-order chi connectivity index (χ0) is 22.9. The Hall–Kier alpha value is -4.11. The molecule has 5 aromatic rings. The predicted molar refractivity (Wildman–Crippen MR) is 134 cm³/mol. The lowest BCUT2D eigenvalue weighted by atomic mass is 9.91. The molecule has 0 bridgehead atoms. The van der Waals surface area contributed by atoms with Gasteiger partial charge in [-0.05, 0) is 62.0 Å². The molecule has 6 heterocycles. The summed E-state index contributed by atoms with van der Waals surface area (Å²) in [5, 5.41) is 13.0. The van der Waals surface area contributed by atoms with Crippen LogP contribution in [-0.2, 0) is 6.42 Å². The lowest BCUT2D eigenvalue weighted by Gasteiger charge is -2.22. The van der Waals surface area contributed by atoms with Gasteiger partial charge in [0.25, 0.3) is 0 Å². The highest BCUT2D eigenvalue weighted by molar-refractivity contribution is 5.99. The third kappa shape index (κ3) is 3.80. The molecule has 1 saturated heterocycles. The second-order valence-electron chi connectivity index (χ2n) is 8.75. The number of hydrogen-bond acceptors (Lipinski definition) is 6. The number of hydrogen-bond donors (Lipinski definition) is 4. The van der Waals surface area contributed by atoms with E-state index in [1.807, 2.05) is 24.7 Å². The first-order valence-electron chi connectivity index (χ1n) is 11.5. The number of piperidine rings is 1. The fraction of sp³-hybridized carbons (Fsp3) is 0.240. The van der Waals surface area contributed by atoms with Crippen LogP contribution in [0.4, 0.5) is 5.69 Å². The number of nitrogens with one attached hydrogen (secondary N) is 3. The van der Waals surface area contributed by atoms with E-state index in [2.05, 4.69) is 52.6 Å². The highest BCUT2D eigenvalue weighted by Gasteiger charge is 2.16. The fourth-order valence-electron chi connectivity index (χ4n) is 4.79. The molecule has 1 fully saturated rings. The van der Waals surface area contributed by atoms with Crippen molar-refractivity contribution in [3.8, 4) is 22.6 Å². The molecule has 0 amide bonds. The minimum Gasteiger partial charge on any atom is -0.390 e. The van der Waals surface area contributed by atoms with Crippen LogP contribution in [-0.4, -0.2) is 49.6 Å². The maximum atomic E-state index is 5.50. The van der Waals surface area contributed by atoms with E-state index in [1.165, 1.54) is 24.7 Å². The Labute approximate surface area is 196 Å². The number of fused-ring (bicyclic) bond motifs is 2. The van der Waals surface area contributed by atoms with E-state index < -0.39 is 0 Å². The molecule has 0 spiro atoms. The number of aliphatic imine (C=N–C) groups is 1. The summed E-state index contributed by atoms with van der Waals surface area (Å²) in [5.74, 6) is 0.708. The molecule has 170 valence electrons. The Kier molecular flexibility index (Phi) is 5.23. The van der Waals surface area contributed by atoms with Crippen molar-refractivity contribution in [3.63, 3.8) is 0 Å². The van der Waals surface area contributed by atoms with Crippen molar-refractivity contribution < 1.29 is 0 Å². The first-order chi connectivity index (χ1) is 16.8. The van der Waals surface area contributed by atoms with Crippen molar-refractivity contribution >= 4 is 33.8 Å². The highest BCUT2D eigenvalue weighted by Crippen LogP contribution is 2.33. The van der Waals surface area contributed by atoms with E-state index in [0.29, 0.717) is 11.6 Å². The normalized spacial score (nSPS) is 15.1. The average molecular weight is 452 g/mol. The molecule has 0 saturated carbocycles. The molecular formula is C25H25N9. The number of nitrogens with zero attached hydrogens (tertiary/aromatic N) is 5. The lowest BCUT2D eigenvalue weighted by Crippen LogP contribution is -2.28. The molecule has 34 heavy (non-hydrogen) atoms. The first-order valence-corrected chi connectivity index (χ1v) is 11.5. The van der Waals surface area contributed by atoms with Crippen molar-refractivity contribution in [1.82, 2.24) is 35.5 Å². The molecule has 0 aliphatic carbocycles. The standard InChI is InChI=1S/C25H25N9/c26-14-31-22-11-29-12-23-18(22)7-21(32-23)25-19-8-20(30-13-24(19)33-34-25)17-6-16(9-28-10-17)5-15-1-3-27-4-2-15/h6-15,27,32H,1-5H2,(H2,26,31)(H,33,34). The summed E-state index contributed by atoms with van der Waals surface area (Å²) in [6, 6.07) is 6.31. The van der Waals surface area contributed by atoms with Gasteiger partial charge in [-0.1, -0.05) is 0 Å². The van der Waals surface area contributed by atoms with Gasteiger partial charge in [0.05, 0.1) is 53.0 Å². The van der Waals surface area contributed by atoms with Crippen molar-refractivity contribution in [2.75, 3.05) is 13.1 Å². The van der Waals surface area contributed by atoms with E-state index in [-0.39, 0.29) is 0 Å². The van der Waals surface area contributed by atoms with Gasteiger partial charge in [0, 0.05) is 28.7 Å². The summed E-state index contributed by atoms with van der Waals surface area (Å²) in [4.78, 5) is 21.1. The molecular weight excluding hydrogens is 426 g/mol. The van der Waals surface area contributed by atoms with Crippen LogP contribution in [0, 0.1) is 5.92 Å². The topological polar surface area (TPSA) is 134 Å². The highest BCUT2D eigenvalue weighted by atomic mass is 15.1. The molecule has 0 aromatic carbocycles. The van der Waals surface area contributed by atoms with Gasteiger partial charge in [0.15, 0.2) is 0 Å². The second kappa shape index (κ2) is 8.68. The van der Waals surface area contributed by atoms with E-state index in [0.717, 1.165) is 64.0 Å². The molecule has 0 atom stereocenters. The molecule has 5 N–H and O–H groups in total. The van der Waals surface area contributed by atoms with Crippen LogP contribution in [0.15, 0.2) is 54.2 Å². The largest absolute Gasteiger partial charge is 0.390 e. The molecule has 0 unspecified atom stereocenters. The third-order valence-electron chi connectivity index (χ3n) is 6.51. The zero-order valence-electron chi connectivity index (χ0n) is 18.6. The quantitative estimate of drug-likeness (QED) is 0.238. The Bertz CT molecular complexity index is 1490. The maximum absolute atomic E-state index is 5.50. The molecule has 6 rings (SSSR count). The van der Waals surface area contributed by atoms with Crippen molar-refractivity contribution in [2.24, 2.45) is 16.6 Å². The Balaban J connectivity index is 1.37. The van der Waals surface area contributed by atoms with Crippen LogP contribution in [0.5, 0.6) is 0 Å². The summed E-state index contributed by atoms with van der Waals surface area (Å²) in [7, 11) is 0. The molecule has 0 radical (unpaired) electrons. The number of H-pyrrole nitrogens is 2. The van der Waals surface area contributed by atoms with E-state index in [9.17, 15) is 0 Å². The van der Waals surface area contributed by atoms with Gasteiger partial charge in [-0.2, -0.15) is 5.10 Å². The predicted octanol–water partition coefficient (Wildman–Crippen LogP) is 3.72. The van der Waals surface area contributed by atoms with Gasteiger partial charge >= 0.3 is 0 Å². The number of aromatic amines is 2. The zero-order valence-corrected chi connectivity index (χ0v) is 18.6. The smallest absolute Gasteiger partial charge is 0.116 e. The van der Waals surface area contributed by atoms with Gasteiger partial charge in [-0.15, -0.1) is 0 Å². The van der Waals surface area contributed by atoms with Crippen LogP contribution in [0.2, 0.25) is 0 Å².